The average Bonchev–Trinajstić information content (AvgIpc) is 3.15. The average molecular weight is 358 g/mol. The quantitative estimate of drug-likeness (QED) is 0.577. The monoisotopic (exact) mass is 358 g/mol. The second kappa shape index (κ2) is 5.58. The predicted octanol–water partition coefficient (Wildman–Crippen LogP) is 4.16. The number of benzene rings is 1. The molecule has 6 nitrogen and oxygen atoms in total. The number of rotatable bonds is 3. The van der Waals surface area contributed by atoms with E-state index in [4.69, 9.17) is 0 Å². The molecular weight excluding hydrogens is 345 g/mol. The first kappa shape index (κ1) is 16.1. The molecule has 0 bridgehead atoms. The van der Waals surface area contributed by atoms with Gasteiger partial charge in [-0.25, -0.2) is 0 Å². The number of aromatic nitrogens is 5. The number of nitrogens with one attached hydrogen (secondary N) is 2. The van der Waals surface area contributed by atoms with E-state index in [-0.39, 0.29) is 5.69 Å². The number of allylic oxidation sites excluding steroid dienone is 1. The third-order valence-corrected chi connectivity index (χ3v) is 4.06. The summed E-state index contributed by atoms with van der Waals surface area (Å²) >= 11 is 0. The Kier molecular flexibility index (Phi) is 3.46. The van der Waals surface area contributed by atoms with Crippen LogP contribution in [0.5, 0.6) is 0 Å². The number of alkyl halides is 3. The number of halogens is 3. The van der Waals surface area contributed by atoms with Crippen LogP contribution in [0, 0.1) is 0 Å². The summed E-state index contributed by atoms with van der Waals surface area (Å²) in [5.41, 5.74) is 1.51. The van der Waals surface area contributed by atoms with Crippen LogP contribution in [-0.4, -0.2) is 31.1 Å². The Morgan fingerprint density at radius 2 is 2.08 bits per heavy atom. The number of H-pyrrole nitrogens is 1. The number of aryl methyl sites for hydroxylation is 1. The fraction of sp³-hybridized carbons (Fsp3) is 0.118. The molecular formula is C17H13F3N6. The SMILES string of the molecule is C=C(c1nn(C)c2cc(Nc3n[nH]c4cccnc34)ccc12)C(F)(F)F. The molecule has 9 heteroatoms. The van der Waals surface area contributed by atoms with E-state index in [1.165, 1.54) is 4.68 Å². The van der Waals surface area contributed by atoms with Gasteiger partial charge in [0.05, 0.1) is 16.6 Å². The van der Waals surface area contributed by atoms with E-state index in [9.17, 15) is 13.2 Å². The molecule has 132 valence electrons. The molecule has 3 aromatic heterocycles. The van der Waals surface area contributed by atoms with Crippen molar-refractivity contribution in [1.29, 1.82) is 0 Å². The summed E-state index contributed by atoms with van der Waals surface area (Å²) < 4.78 is 40.3. The highest BCUT2D eigenvalue weighted by molar-refractivity contribution is 5.94. The van der Waals surface area contributed by atoms with Crippen molar-refractivity contribution in [1.82, 2.24) is 25.0 Å². The van der Waals surface area contributed by atoms with Gasteiger partial charge in [-0.15, -0.1) is 0 Å². The molecule has 2 N–H and O–H groups in total. The van der Waals surface area contributed by atoms with E-state index < -0.39 is 11.7 Å². The molecule has 0 unspecified atom stereocenters. The van der Waals surface area contributed by atoms with Crippen LogP contribution in [0.4, 0.5) is 24.7 Å². The van der Waals surface area contributed by atoms with Gasteiger partial charge in [0.1, 0.15) is 11.2 Å². The van der Waals surface area contributed by atoms with Crippen molar-refractivity contribution in [2.75, 3.05) is 5.32 Å². The highest BCUT2D eigenvalue weighted by Gasteiger charge is 2.35. The van der Waals surface area contributed by atoms with Crippen LogP contribution in [-0.2, 0) is 7.05 Å². The van der Waals surface area contributed by atoms with Gasteiger partial charge >= 0.3 is 6.18 Å². The van der Waals surface area contributed by atoms with Crippen molar-refractivity contribution in [2.24, 2.45) is 7.05 Å². The number of pyridine rings is 1. The molecule has 0 fully saturated rings. The van der Waals surface area contributed by atoms with Crippen LogP contribution >= 0.6 is 0 Å². The molecule has 1 aromatic carbocycles. The zero-order valence-corrected chi connectivity index (χ0v) is 13.6. The lowest BCUT2D eigenvalue weighted by molar-refractivity contribution is -0.0688. The Bertz CT molecular complexity index is 1140. The normalized spacial score (nSPS) is 12.0. The smallest absolute Gasteiger partial charge is 0.337 e. The van der Waals surface area contributed by atoms with Gasteiger partial charge in [0.2, 0.25) is 0 Å². The highest BCUT2D eigenvalue weighted by Crippen LogP contribution is 2.36. The van der Waals surface area contributed by atoms with E-state index in [0.29, 0.717) is 27.9 Å². The summed E-state index contributed by atoms with van der Waals surface area (Å²) in [7, 11) is 1.59. The molecule has 0 saturated carbocycles. The minimum Gasteiger partial charge on any atom is -0.337 e. The molecule has 0 aliphatic rings. The van der Waals surface area contributed by atoms with Crippen molar-refractivity contribution in [3.05, 3.63) is 48.8 Å². The molecule has 4 rings (SSSR count). The van der Waals surface area contributed by atoms with Gasteiger partial charge in [0.25, 0.3) is 0 Å². The number of nitrogens with zero attached hydrogens (tertiary/aromatic N) is 4. The lowest BCUT2D eigenvalue weighted by Gasteiger charge is -2.07. The fourth-order valence-corrected chi connectivity index (χ4v) is 2.77. The molecule has 26 heavy (non-hydrogen) atoms. The number of hydrogen-bond acceptors (Lipinski definition) is 4. The molecule has 0 amide bonds. The van der Waals surface area contributed by atoms with Gasteiger partial charge < -0.3 is 5.32 Å². The molecule has 0 spiro atoms. The van der Waals surface area contributed by atoms with E-state index in [0.717, 1.165) is 5.52 Å². The Balaban J connectivity index is 1.75. The second-order valence-corrected chi connectivity index (χ2v) is 5.78. The molecule has 0 aliphatic heterocycles. The first-order chi connectivity index (χ1) is 12.3. The number of aromatic amines is 1. The van der Waals surface area contributed by atoms with Crippen LogP contribution in [0.1, 0.15) is 5.69 Å². The van der Waals surface area contributed by atoms with Crippen LogP contribution in [0.2, 0.25) is 0 Å². The number of fused-ring (bicyclic) bond motifs is 2. The van der Waals surface area contributed by atoms with Crippen molar-refractivity contribution >= 4 is 39.0 Å². The van der Waals surface area contributed by atoms with Crippen molar-refractivity contribution < 1.29 is 13.2 Å². The van der Waals surface area contributed by atoms with Crippen molar-refractivity contribution in [3.63, 3.8) is 0 Å². The Labute approximate surface area is 145 Å². The standard InChI is InChI=1S/C17H13F3N6/c1-9(17(18,19)20)14-11-6-5-10(8-13(11)26(2)25-14)22-16-15-12(23-24-16)4-3-7-21-15/h3-8H,1H2,2H3,(H2,22,23,24). The van der Waals surface area contributed by atoms with Crippen molar-refractivity contribution in [3.8, 4) is 0 Å². The maximum Gasteiger partial charge on any atom is 0.418 e. The molecule has 0 atom stereocenters. The van der Waals surface area contributed by atoms with E-state index in [1.54, 1.807) is 37.5 Å². The molecule has 0 saturated heterocycles. The third-order valence-electron chi connectivity index (χ3n) is 4.06. The van der Waals surface area contributed by atoms with Gasteiger partial charge in [-0.05, 0) is 30.3 Å². The zero-order chi connectivity index (χ0) is 18.5. The van der Waals surface area contributed by atoms with E-state index in [1.807, 2.05) is 6.07 Å². The molecule has 0 aliphatic carbocycles. The van der Waals surface area contributed by atoms with Crippen LogP contribution < -0.4 is 5.32 Å². The summed E-state index contributed by atoms with van der Waals surface area (Å²) in [6.07, 6.45) is -2.87. The maximum atomic E-state index is 13.0. The van der Waals surface area contributed by atoms with Gasteiger partial charge in [0.15, 0.2) is 5.82 Å². The largest absolute Gasteiger partial charge is 0.418 e. The molecule has 4 aromatic rings. The topological polar surface area (TPSA) is 71.4 Å². The van der Waals surface area contributed by atoms with E-state index in [2.05, 4.69) is 32.2 Å². The Morgan fingerprint density at radius 3 is 2.85 bits per heavy atom. The summed E-state index contributed by atoms with van der Waals surface area (Å²) in [4.78, 5) is 4.26. The van der Waals surface area contributed by atoms with Crippen LogP contribution in [0.25, 0.3) is 27.5 Å². The minimum atomic E-state index is -4.53. The van der Waals surface area contributed by atoms with Gasteiger partial charge in [-0.2, -0.15) is 23.4 Å². The fourth-order valence-electron chi connectivity index (χ4n) is 2.77. The minimum absolute atomic E-state index is 0.173. The summed E-state index contributed by atoms with van der Waals surface area (Å²) in [5.74, 6) is 0.530. The summed E-state index contributed by atoms with van der Waals surface area (Å²) in [5, 5.41) is 14.5. The number of anilines is 2. The van der Waals surface area contributed by atoms with Gasteiger partial charge in [-0.3, -0.25) is 14.8 Å². The lowest BCUT2D eigenvalue weighted by Crippen LogP contribution is -2.10. The first-order valence-corrected chi connectivity index (χ1v) is 7.64. The summed E-state index contributed by atoms with van der Waals surface area (Å²) in [6.45, 7) is 3.14. The second-order valence-electron chi connectivity index (χ2n) is 5.78. The van der Waals surface area contributed by atoms with Crippen molar-refractivity contribution in [2.45, 2.75) is 6.18 Å². The molecule has 0 radical (unpaired) electrons. The Morgan fingerprint density at radius 1 is 1.27 bits per heavy atom. The zero-order valence-electron chi connectivity index (χ0n) is 13.6. The van der Waals surface area contributed by atoms with E-state index >= 15 is 0 Å². The highest BCUT2D eigenvalue weighted by atomic mass is 19.4. The maximum absolute atomic E-state index is 13.0. The van der Waals surface area contributed by atoms with Crippen LogP contribution in [0.3, 0.4) is 0 Å². The number of hydrogen-bond donors (Lipinski definition) is 2. The van der Waals surface area contributed by atoms with Crippen LogP contribution in [0.15, 0.2) is 43.1 Å². The third kappa shape index (κ3) is 2.57. The van der Waals surface area contributed by atoms with Gasteiger partial charge in [0, 0.05) is 24.3 Å². The van der Waals surface area contributed by atoms with Gasteiger partial charge in [-0.1, -0.05) is 6.58 Å². The molecule has 3 heterocycles. The lowest BCUT2D eigenvalue weighted by atomic mass is 10.1. The Hall–Kier alpha value is -3.36. The summed E-state index contributed by atoms with van der Waals surface area (Å²) in [6, 6.07) is 8.60. The first-order valence-electron chi connectivity index (χ1n) is 7.64. The predicted molar refractivity (Wildman–Crippen MR) is 93.0 cm³/mol.